The Hall–Kier alpha value is -2.37. The first-order chi connectivity index (χ1) is 12.7. The second-order valence-corrected chi connectivity index (χ2v) is 6.57. The summed E-state index contributed by atoms with van der Waals surface area (Å²) in [6.07, 6.45) is -4.78. The fourth-order valence-electron chi connectivity index (χ4n) is 2.76. The molecule has 27 heavy (non-hydrogen) atoms. The van der Waals surface area contributed by atoms with E-state index in [0.29, 0.717) is 21.6 Å². The number of fused-ring (bicyclic) bond motifs is 2. The van der Waals surface area contributed by atoms with E-state index in [1.165, 1.54) is 10.6 Å². The molecule has 10 nitrogen and oxygen atoms in total. The van der Waals surface area contributed by atoms with Crippen molar-refractivity contribution in [3.8, 4) is 11.5 Å². The van der Waals surface area contributed by atoms with Crippen LogP contribution in [0.2, 0.25) is 5.02 Å². The van der Waals surface area contributed by atoms with Crippen molar-refractivity contribution in [1.29, 1.82) is 0 Å². The molecule has 1 aromatic rings. The maximum atomic E-state index is 12.1. The number of nitrogens with zero attached hydrogens (tertiary/aromatic N) is 3. The molecular weight excluding hydrogens is 380 g/mol. The molecule has 0 aliphatic carbocycles. The zero-order chi connectivity index (χ0) is 19.9. The lowest BCUT2D eigenvalue weighted by atomic mass is 10.1. The van der Waals surface area contributed by atoms with Gasteiger partial charge in [0.05, 0.1) is 24.2 Å². The molecule has 2 aliphatic heterocycles. The number of aliphatic hydroxyl groups is 4. The molecule has 3 atom stereocenters. The zero-order valence-corrected chi connectivity index (χ0v) is 14.9. The largest absolute Gasteiger partial charge is 0.394 e. The van der Waals surface area contributed by atoms with Crippen LogP contribution in [0.5, 0.6) is 0 Å². The lowest BCUT2D eigenvalue weighted by Gasteiger charge is -2.25. The number of nitrogens with one attached hydrogen (secondary N) is 1. The van der Waals surface area contributed by atoms with Gasteiger partial charge in [0.25, 0.3) is 5.56 Å². The summed E-state index contributed by atoms with van der Waals surface area (Å²) in [5.41, 5.74) is -0.360. The van der Waals surface area contributed by atoms with Crippen molar-refractivity contribution in [1.82, 2.24) is 19.5 Å². The lowest BCUT2D eigenvalue weighted by molar-refractivity contribution is -0.0802. The molecular formula is C16H17ClN4O6. The molecule has 0 radical (unpaired) electrons. The molecule has 3 rings (SSSR count). The molecule has 0 fully saturated rings. The molecule has 0 bridgehead atoms. The minimum absolute atomic E-state index is 0.110. The van der Waals surface area contributed by atoms with E-state index in [9.17, 15) is 24.9 Å². The summed E-state index contributed by atoms with van der Waals surface area (Å²) in [7, 11) is 0. The van der Waals surface area contributed by atoms with Crippen LogP contribution in [0.15, 0.2) is 21.7 Å². The van der Waals surface area contributed by atoms with Gasteiger partial charge in [0.1, 0.15) is 18.3 Å². The average Bonchev–Trinajstić information content (AvgIpc) is 2.62. The van der Waals surface area contributed by atoms with Crippen LogP contribution in [-0.2, 0) is 6.54 Å². The van der Waals surface area contributed by atoms with Gasteiger partial charge in [0, 0.05) is 5.02 Å². The highest BCUT2D eigenvalue weighted by atomic mass is 35.5. The number of benzene rings is 1. The van der Waals surface area contributed by atoms with Crippen molar-refractivity contribution in [2.45, 2.75) is 31.8 Å². The third-order valence-corrected chi connectivity index (χ3v) is 4.64. The highest BCUT2D eigenvalue weighted by molar-refractivity contribution is 6.32. The molecule has 5 N–H and O–H groups in total. The number of rotatable bonds is 5. The van der Waals surface area contributed by atoms with Crippen LogP contribution in [0.3, 0.4) is 0 Å². The lowest BCUT2D eigenvalue weighted by Crippen LogP contribution is -2.42. The van der Waals surface area contributed by atoms with Gasteiger partial charge in [-0.1, -0.05) is 11.6 Å². The Morgan fingerprint density at radius 1 is 1.19 bits per heavy atom. The Balaban J connectivity index is 2.28. The van der Waals surface area contributed by atoms with E-state index < -0.39 is 36.2 Å². The van der Waals surface area contributed by atoms with E-state index in [0.717, 1.165) is 0 Å². The van der Waals surface area contributed by atoms with E-state index in [1.807, 2.05) is 4.98 Å². The summed E-state index contributed by atoms with van der Waals surface area (Å²) in [5.74, 6) is -0.110. The van der Waals surface area contributed by atoms with Crippen molar-refractivity contribution in [3.05, 3.63) is 43.6 Å². The highest BCUT2D eigenvalue weighted by Gasteiger charge is 2.27. The van der Waals surface area contributed by atoms with Gasteiger partial charge in [-0.05, 0) is 24.6 Å². The Labute approximate surface area is 156 Å². The first kappa shape index (κ1) is 19.4. The van der Waals surface area contributed by atoms with Gasteiger partial charge in [-0.15, -0.1) is 0 Å². The first-order valence-electron chi connectivity index (χ1n) is 7.98. The maximum absolute atomic E-state index is 12.1. The van der Waals surface area contributed by atoms with Crippen molar-refractivity contribution in [2.75, 3.05) is 6.61 Å². The number of hydrogen-bond donors (Lipinski definition) is 5. The Bertz CT molecular complexity index is 1080. The second-order valence-electron chi connectivity index (χ2n) is 6.16. The van der Waals surface area contributed by atoms with Gasteiger partial charge < -0.3 is 25.0 Å². The molecule has 0 saturated heterocycles. The van der Waals surface area contributed by atoms with E-state index in [-0.39, 0.29) is 18.1 Å². The summed E-state index contributed by atoms with van der Waals surface area (Å²) in [6.45, 7) is 0.648. The van der Waals surface area contributed by atoms with Crippen LogP contribution in [-0.4, -0.2) is 64.9 Å². The van der Waals surface area contributed by atoms with Gasteiger partial charge in [-0.2, -0.15) is 4.98 Å². The number of H-pyrrole nitrogens is 1. The molecule has 1 aromatic carbocycles. The molecule has 11 heteroatoms. The third kappa shape index (κ3) is 3.57. The summed E-state index contributed by atoms with van der Waals surface area (Å²) in [5, 5.41) is 39.1. The van der Waals surface area contributed by atoms with Gasteiger partial charge in [-0.25, -0.2) is 9.78 Å². The Kier molecular flexibility index (Phi) is 5.27. The molecule has 3 unspecified atom stereocenters. The maximum Gasteiger partial charge on any atom is 0.349 e. The van der Waals surface area contributed by atoms with Crippen molar-refractivity contribution >= 4 is 22.6 Å². The van der Waals surface area contributed by atoms with E-state index in [1.54, 1.807) is 13.0 Å². The quantitative estimate of drug-likeness (QED) is 0.330. The molecule has 0 aromatic heterocycles. The molecule has 0 saturated carbocycles. The predicted molar refractivity (Wildman–Crippen MR) is 95.9 cm³/mol. The number of aromatic amines is 1. The molecule has 144 valence electrons. The topological polar surface area (TPSA) is 162 Å². The number of aliphatic hydroxyl groups excluding tert-OH is 4. The van der Waals surface area contributed by atoms with Crippen LogP contribution in [0.4, 0.5) is 0 Å². The van der Waals surface area contributed by atoms with Crippen LogP contribution in [0, 0.1) is 6.92 Å². The molecule has 0 spiro atoms. The van der Waals surface area contributed by atoms with Crippen LogP contribution in [0.1, 0.15) is 5.56 Å². The zero-order valence-electron chi connectivity index (χ0n) is 14.1. The van der Waals surface area contributed by atoms with Crippen LogP contribution >= 0.6 is 11.6 Å². The minimum atomic E-state index is -1.67. The third-order valence-electron chi connectivity index (χ3n) is 4.23. The fourth-order valence-corrected chi connectivity index (χ4v) is 2.92. The number of aryl methyl sites for hydroxylation is 1. The smallest absolute Gasteiger partial charge is 0.349 e. The summed E-state index contributed by atoms with van der Waals surface area (Å²) in [6, 6.07) is 3.16. The molecule has 2 heterocycles. The van der Waals surface area contributed by atoms with Crippen molar-refractivity contribution in [3.63, 3.8) is 0 Å². The van der Waals surface area contributed by atoms with E-state index >= 15 is 0 Å². The Morgan fingerprint density at radius 3 is 2.56 bits per heavy atom. The molecule has 2 aliphatic rings. The van der Waals surface area contributed by atoms with Crippen molar-refractivity contribution < 1.29 is 20.4 Å². The molecule has 0 amide bonds. The normalized spacial score (nSPS) is 15.2. The number of halogens is 1. The van der Waals surface area contributed by atoms with Gasteiger partial charge in [0.2, 0.25) is 0 Å². The van der Waals surface area contributed by atoms with Crippen LogP contribution in [0.25, 0.3) is 22.6 Å². The fraction of sp³-hybridized carbons (Fsp3) is 0.375. The average molecular weight is 397 g/mol. The monoisotopic (exact) mass is 396 g/mol. The minimum Gasteiger partial charge on any atom is -0.394 e. The SMILES string of the molecule is Cc1cc2nc3c(=O)[nH]c(=O)nc-3n(CC(O)C(O)C(O)CO)c2cc1Cl. The summed E-state index contributed by atoms with van der Waals surface area (Å²) < 4.78 is 1.32. The van der Waals surface area contributed by atoms with Gasteiger partial charge >= 0.3 is 5.69 Å². The standard InChI is InChI=1S/C16H17ClN4O6/c1-6-2-8-9(3-7(6)17)21(4-10(23)13(25)11(24)5-22)14-12(18-8)15(26)20-16(27)19-14/h2-3,10-11,13,22-25H,4-5H2,1H3,(H,20,26,27). The van der Waals surface area contributed by atoms with Crippen molar-refractivity contribution in [2.24, 2.45) is 0 Å². The number of aromatic nitrogens is 4. The Morgan fingerprint density at radius 2 is 1.89 bits per heavy atom. The highest BCUT2D eigenvalue weighted by Crippen LogP contribution is 2.26. The van der Waals surface area contributed by atoms with Gasteiger partial charge in [0.15, 0.2) is 11.5 Å². The van der Waals surface area contributed by atoms with E-state index in [4.69, 9.17) is 16.7 Å². The summed E-state index contributed by atoms with van der Waals surface area (Å²) >= 11 is 6.17. The van der Waals surface area contributed by atoms with Crippen LogP contribution < -0.4 is 11.2 Å². The predicted octanol–water partition coefficient (Wildman–Crippen LogP) is -1.38. The second kappa shape index (κ2) is 7.33. The van der Waals surface area contributed by atoms with Gasteiger partial charge in [-0.3, -0.25) is 9.78 Å². The van der Waals surface area contributed by atoms with E-state index in [2.05, 4.69) is 9.97 Å². The number of hydrogen-bond acceptors (Lipinski definition) is 8. The first-order valence-corrected chi connectivity index (χ1v) is 8.36. The summed E-state index contributed by atoms with van der Waals surface area (Å²) in [4.78, 5) is 33.8.